The summed E-state index contributed by atoms with van der Waals surface area (Å²) in [4.78, 5) is 25.2. The second-order valence-electron chi connectivity index (χ2n) is 6.39. The Morgan fingerprint density at radius 2 is 2.07 bits per heavy atom. The summed E-state index contributed by atoms with van der Waals surface area (Å²) in [5, 5.41) is 9.16. The van der Waals surface area contributed by atoms with Crippen molar-refractivity contribution < 1.29 is 24.2 Å². The van der Waals surface area contributed by atoms with Gasteiger partial charge in [0.1, 0.15) is 10.4 Å². The molecule has 0 bridgehead atoms. The predicted molar refractivity (Wildman–Crippen MR) is 115 cm³/mol. The van der Waals surface area contributed by atoms with Gasteiger partial charge in [-0.15, -0.1) is 0 Å². The van der Waals surface area contributed by atoms with E-state index in [1.165, 1.54) is 19.8 Å². The maximum absolute atomic E-state index is 12.5. The molecule has 1 aliphatic heterocycles. The second-order valence-corrected chi connectivity index (χ2v) is 8.06. The fraction of sp³-hybridized carbons (Fsp3) is 0.450. The molecule has 1 saturated heterocycles. The van der Waals surface area contributed by atoms with E-state index in [0.717, 1.165) is 35.1 Å². The molecule has 0 spiro atoms. The molecule has 152 valence electrons. The van der Waals surface area contributed by atoms with Gasteiger partial charge in [0.05, 0.1) is 18.6 Å². The van der Waals surface area contributed by atoms with Crippen molar-refractivity contribution in [1.82, 2.24) is 4.90 Å². The first-order valence-electron chi connectivity index (χ1n) is 9.19. The van der Waals surface area contributed by atoms with Gasteiger partial charge in [-0.2, -0.15) is 0 Å². The summed E-state index contributed by atoms with van der Waals surface area (Å²) in [5.41, 5.74) is 0.749. The SMILES string of the molecule is CCCCCCOc1ccc(C=C2SC(=S)N(C(C)C(=O)O)C2=O)cc1OC. The number of nitrogens with zero attached hydrogens (tertiary/aromatic N) is 1. The van der Waals surface area contributed by atoms with Crippen LogP contribution in [-0.2, 0) is 9.59 Å². The summed E-state index contributed by atoms with van der Waals surface area (Å²) in [6.45, 7) is 4.23. The highest BCUT2D eigenvalue weighted by molar-refractivity contribution is 8.26. The Kier molecular flexibility index (Phi) is 8.32. The summed E-state index contributed by atoms with van der Waals surface area (Å²) in [7, 11) is 1.57. The highest BCUT2D eigenvalue weighted by Crippen LogP contribution is 2.35. The van der Waals surface area contributed by atoms with E-state index in [-0.39, 0.29) is 4.32 Å². The normalized spacial score (nSPS) is 16.5. The lowest BCUT2D eigenvalue weighted by Crippen LogP contribution is -2.41. The minimum atomic E-state index is -1.10. The lowest BCUT2D eigenvalue weighted by Gasteiger charge is -2.18. The first kappa shape index (κ1) is 22.2. The quantitative estimate of drug-likeness (QED) is 0.341. The van der Waals surface area contributed by atoms with Gasteiger partial charge in [0, 0.05) is 0 Å². The van der Waals surface area contributed by atoms with E-state index in [4.69, 9.17) is 26.8 Å². The topological polar surface area (TPSA) is 76.1 Å². The molecule has 1 amide bonds. The highest BCUT2D eigenvalue weighted by atomic mass is 32.2. The molecule has 1 aromatic carbocycles. The van der Waals surface area contributed by atoms with Crippen LogP contribution in [0.3, 0.4) is 0 Å². The molecule has 6 nitrogen and oxygen atoms in total. The molecule has 8 heteroatoms. The molecule has 1 fully saturated rings. The van der Waals surface area contributed by atoms with Crippen LogP contribution in [0.15, 0.2) is 23.1 Å². The number of hydrogen-bond acceptors (Lipinski definition) is 6. The number of carboxylic acids is 1. The Labute approximate surface area is 174 Å². The molecule has 0 radical (unpaired) electrons. The number of hydrogen-bond donors (Lipinski definition) is 1. The van der Waals surface area contributed by atoms with Crippen LogP contribution in [0.5, 0.6) is 11.5 Å². The van der Waals surface area contributed by atoms with Gasteiger partial charge in [0.25, 0.3) is 5.91 Å². The van der Waals surface area contributed by atoms with Crippen molar-refractivity contribution in [3.8, 4) is 11.5 Å². The van der Waals surface area contributed by atoms with Crippen molar-refractivity contribution >= 4 is 46.3 Å². The fourth-order valence-electron chi connectivity index (χ4n) is 2.68. The number of ether oxygens (including phenoxy) is 2. The number of benzene rings is 1. The van der Waals surface area contributed by atoms with Crippen LogP contribution >= 0.6 is 24.0 Å². The van der Waals surface area contributed by atoms with Crippen molar-refractivity contribution in [2.45, 2.75) is 45.6 Å². The summed E-state index contributed by atoms with van der Waals surface area (Å²) in [6, 6.07) is 4.42. The number of methoxy groups -OCH3 is 1. The Morgan fingerprint density at radius 3 is 2.71 bits per heavy atom. The second kappa shape index (κ2) is 10.5. The van der Waals surface area contributed by atoms with Gasteiger partial charge in [0.2, 0.25) is 0 Å². The molecule has 1 unspecified atom stereocenters. The Hall–Kier alpha value is -2.06. The smallest absolute Gasteiger partial charge is 0.326 e. The molecule has 28 heavy (non-hydrogen) atoms. The molecule has 2 rings (SSSR count). The number of carbonyl (C=O) groups excluding carboxylic acids is 1. The van der Waals surface area contributed by atoms with Gasteiger partial charge >= 0.3 is 5.97 Å². The maximum atomic E-state index is 12.5. The van der Waals surface area contributed by atoms with Crippen molar-refractivity contribution in [3.63, 3.8) is 0 Å². The molecule has 1 N–H and O–H groups in total. The third-order valence-corrected chi connectivity index (χ3v) is 5.64. The minimum absolute atomic E-state index is 0.241. The van der Waals surface area contributed by atoms with Crippen LogP contribution < -0.4 is 9.47 Å². The maximum Gasteiger partial charge on any atom is 0.326 e. The van der Waals surface area contributed by atoms with Crippen LogP contribution in [0.1, 0.15) is 45.1 Å². The Bertz CT molecular complexity index is 778. The van der Waals surface area contributed by atoms with Crippen molar-refractivity contribution in [3.05, 3.63) is 28.7 Å². The molecule has 1 aromatic rings. The number of unbranched alkanes of at least 4 members (excludes halogenated alkanes) is 3. The molecule has 0 aromatic heterocycles. The summed E-state index contributed by atoms with van der Waals surface area (Å²) in [5.74, 6) is -0.262. The average Bonchev–Trinajstić information content (AvgIpc) is 2.94. The zero-order chi connectivity index (χ0) is 20.7. The lowest BCUT2D eigenvalue weighted by molar-refractivity contribution is -0.144. The Morgan fingerprint density at radius 1 is 1.32 bits per heavy atom. The third kappa shape index (κ3) is 5.48. The highest BCUT2D eigenvalue weighted by Gasteiger charge is 2.38. The van der Waals surface area contributed by atoms with Crippen molar-refractivity contribution in [2.75, 3.05) is 13.7 Å². The largest absolute Gasteiger partial charge is 0.493 e. The van der Waals surface area contributed by atoms with Gasteiger partial charge in [-0.3, -0.25) is 9.69 Å². The van der Waals surface area contributed by atoms with E-state index in [0.29, 0.717) is 23.0 Å². The molecular formula is C20H25NO5S2. The number of carbonyl (C=O) groups is 2. The number of thioether (sulfide) groups is 1. The number of rotatable bonds is 10. The van der Waals surface area contributed by atoms with Gasteiger partial charge in [0.15, 0.2) is 11.5 Å². The van der Waals surface area contributed by atoms with Crippen LogP contribution in [-0.4, -0.2) is 46.0 Å². The molecule has 1 aliphatic rings. The lowest BCUT2D eigenvalue weighted by atomic mass is 10.1. The molecule has 0 aliphatic carbocycles. The van der Waals surface area contributed by atoms with E-state index >= 15 is 0 Å². The standard InChI is InChI=1S/C20H25NO5S2/c1-4-5-6-7-10-26-15-9-8-14(11-16(15)25-3)12-17-18(22)21(20(27)28-17)13(2)19(23)24/h8-9,11-13H,4-7,10H2,1-3H3,(H,23,24). The summed E-state index contributed by atoms with van der Waals surface area (Å²) < 4.78 is 11.4. The van der Waals surface area contributed by atoms with Gasteiger partial charge in [-0.05, 0) is 37.1 Å². The third-order valence-electron chi connectivity index (χ3n) is 4.31. The van der Waals surface area contributed by atoms with Crippen LogP contribution in [0, 0.1) is 0 Å². The van der Waals surface area contributed by atoms with E-state index in [1.807, 2.05) is 12.1 Å². The fourth-order valence-corrected chi connectivity index (χ4v) is 4.10. The van der Waals surface area contributed by atoms with Gasteiger partial charge in [-0.1, -0.05) is 56.2 Å². The predicted octanol–water partition coefficient (Wildman–Crippen LogP) is 4.33. The number of amides is 1. The molecule has 1 heterocycles. The zero-order valence-corrected chi connectivity index (χ0v) is 17.9. The first-order chi connectivity index (χ1) is 13.4. The molecule has 1 atom stereocenters. The molecular weight excluding hydrogens is 398 g/mol. The van der Waals surface area contributed by atoms with Gasteiger partial charge in [-0.25, -0.2) is 4.79 Å². The zero-order valence-electron chi connectivity index (χ0n) is 16.3. The van der Waals surface area contributed by atoms with E-state index in [2.05, 4.69) is 6.92 Å². The van der Waals surface area contributed by atoms with E-state index < -0.39 is 17.9 Å². The summed E-state index contributed by atoms with van der Waals surface area (Å²) in [6.07, 6.45) is 6.17. The first-order valence-corrected chi connectivity index (χ1v) is 10.4. The van der Waals surface area contributed by atoms with Crippen molar-refractivity contribution in [1.29, 1.82) is 0 Å². The molecule has 0 saturated carbocycles. The van der Waals surface area contributed by atoms with E-state index in [9.17, 15) is 9.59 Å². The Balaban J connectivity index is 2.12. The van der Waals surface area contributed by atoms with Crippen molar-refractivity contribution in [2.24, 2.45) is 0 Å². The van der Waals surface area contributed by atoms with Crippen LogP contribution in [0.2, 0.25) is 0 Å². The van der Waals surface area contributed by atoms with Crippen LogP contribution in [0.25, 0.3) is 6.08 Å². The monoisotopic (exact) mass is 423 g/mol. The minimum Gasteiger partial charge on any atom is -0.493 e. The van der Waals surface area contributed by atoms with Gasteiger partial charge < -0.3 is 14.6 Å². The van der Waals surface area contributed by atoms with Crippen LogP contribution in [0.4, 0.5) is 0 Å². The number of aliphatic carboxylic acids is 1. The number of carboxylic acid groups (broad SMARTS) is 1. The number of thiocarbonyl (C=S) groups is 1. The summed E-state index contributed by atoms with van der Waals surface area (Å²) >= 11 is 6.27. The average molecular weight is 424 g/mol. The van der Waals surface area contributed by atoms with E-state index in [1.54, 1.807) is 19.3 Å².